The fourth-order valence-corrected chi connectivity index (χ4v) is 1.81. The molecule has 98 valence electrons. The molecule has 2 aromatic rings. The Morgan fingerprint density at radius 3 is 2.74 bits per heavy atom. The van der Waals surface area contributed by atoms with Gasteiger partial charge in [0, 0.05) is 24.7 Å². The largest absolute Gasteiger partial charge is 0.494 e. The molecular formula is C15H14FNO2. The summed E-state index contributed by atoms with van der Waals surface area (Å²) < 4.78 is 18.3. The number of pyridine rings is 1. The molecule has 19 heavy (non-hydrogen) atoms. The van der Waals surface area contributed by atoms with Crippen LogP contribution < -0.4 is 4.74 Å². The standard InChI is InChI=1S/C15H14FNO2/c1-19-15-6-5-11(9-14(15)16)8-13(18)10-12-4-2-3-7-17-12/h2-7,9H,8,10H2,1H3. The summed E-state index contributed by atoms with van der Waals surface area (Å²) in [5.41, 5.74) is 1.36. The first-order valence-electron chi connectivity index (χ1n) is 5.93. The lowest BCUT2D eigenvalue weighted by molar-refractivity contribution is -0.117. The van der Waals surface area contributed by atoms with Gasteiger partial charge in [0.05, 0.1) is 7.11 Å². The molecule has 0 saturated carbocycles. The van der Waals surface area contributed by atoms with Gasteiger partial charge in [-0.15, -0.1) is 0 Å². The number of Topliss-reactive ketones (excluding diaryl/α,β-unsaturated/α-hetero) is 1. The van der Waals surface area contributed by atoms with Crippen LogP contribution in [0.4, 0.5) is 4.39 Å². The Balaban J connectivity index is 2.01. The van der Waals surface area contributed by atoms with E-state index in [1.165, 1.54) is 19.2 Å². The van der Waals surface area contributed by atoms with Gasteiger partial charge in [0.1, 0.15) is 5.78 Å². The number of nitrogens with zero attached hydrogens (tertiary/aromatic N) is 1. The highest BCUT2D eigenvalue weighted by molar-refractivity contribution is 5.82. The molecule has 0 aliphatic rings. The Kier molecular flexibility index (Phi) is 4.23. The first-order valence-corrected chi connectivity index (χ1v) is 5.93. The van der Waals surface area contributed by atoms with Gasteiger partial charge in [-0.05, 0) is 29.8 Å². The van der Waals surface area contributed by atoms with Gasteiger partial charge in [-0.25, -0.2) is 4.39 Å². The van der Waals surface area contributed by atoms with Crippen molar-refractivity contribution in [2.75, 3.05) is 7.11 Å². The van der Waals surface area contributed by atoms with Gasteiger partial charge in [-0.3, -0.25) is 9.78 Å². The number of aromatic nitrogens is 1. The number of hydrogen-bond acceptors (Lipinski definition) is 3. The summed E-state index contributed by atoms with van der Waals surface area (Å²) in [5, 5.41) is 0. The van der Waals surface area contributed by atoms with Crippen LogP contribution >= 0.6 is 0 Å². The zero-order valence-electron chi connectivity index (χ0n) is 10.6. The lowest BCUT2D eigenvalue weighted by Crippen LogP contribution is -2.08. The molecule has 0 amide bonds. The van der Waals surface area contributed by atoms with Crippen LogP contribution in [0.3, 0.4) is 0 Å². The normalized spacial score (nSPS) is 10.2. The second-order valence-corrected chi connectivity index (χ2v) is 4.18. The van der Waals surface area contributed by atoms with E-state index in [9.17, 15) is 9.18 Å². The molecule has 0 unspecified atom stereocenters. The Morgan fingerprint density at radius 2 is 2.11 bits per heavy atom. The van der Waals surface area contributed by atoms with Crippen LogP contribution in [-0.4, -0.2) is 17.9 Å². The maximum absolute atomic E-state index is 13.5. The summed E-state index contributed by atoms with van der Waals surface area (Å²) in [7, 11) is 1.41. The van der Waals surface area contributed by atoms with Crippen molar-refractivity contribution in [3.63, 3.8) is 0 Å². The number of ketones is 1. The second-order valence-electron chi connectivity index (χ2n) is 4.18. The molecule has 0 aliphatic heterocycles. The summed E-state index contributed by atoms with van der Waals surface area (Å²) in [6, 6.07) is 9.98. The minimum Gasteiger partial charge on any atom is -0.494 e. The van der Waals surface area contributed by atoms with Crippen LogP contribution in [0.2, 0.25) is 0 Å². The third kappa shape index (κ3) is 3.61. The van der Waals surface area contributed by atoms with Crippen molar-refractivity contribution in [2.24, 2.45) is 0 Å². The van der Waals surface area contributed by atoms with Gasteiger partial charge in [-0.2, -0.15) is 0 Å². The summed E-state index contributed by atoms with van der Waals surface area (Å²) in [5.74, 6) is -0.269. The van der Waals surface area contributed by atoms with Crippen LogP contribution in [0.25, 0.3) is 0 Å². The fraction of sp³-hybridized carbons (Fsp3) is 0.200. The summed E-state index contributed by atoms with van der Waals surface area (Å²) in [6.45, 7) is 0. The van der Waals surface area contributed by atoms with E-state index in [1.807, 2.05) is 6.07 Å². The molecule has 0 atom stereocenters. The maximum Gasteiger partial charge on any atom is 0.165 e. The average molecular weight is 259 g/mol. The third-order valence-electron chi connectivity index (χ3n) is 2.72. The average Bonchev–Trinajstić information content (AvgIpc) is 2.40. The van der Waals surface area contributed by atoms with E-state index >= 15 is 0 Å². The van der Waals surface area contributed by atoms with Gasteiger partial charge < -0.3 is 4.74 Å². The minimum atomic E-state index is -0.453. The predicted molar refractivity (Wildman–Crippen MR) is 69.6 cm³/mol. The van der Waals surface area contributed by atoms with E-state index in [4.69, 9.17) is 4.74 Å². The molecule has 0 N–H and O–H groups in total. The summed E-state index contributed by atoms with van der Waals surface area (Å²) in [4.78, 5) is 15.9. The number of carbonyl (C=O) groups is 1. The van der Waals surface area contributed by atoms with Gasteiger partial charge in [0.15, 0.2) is 11.6 Å². The Labute approximate surface area is 111 Å². The fourth-order valence-electron chi connectivity index (χ4n) is 1.81. The number of benzene rings is 1. The lowest BCUT2D eigenvalue weighted by atomic mass is 10.1. The summed E-state index contributed by atoms with van der Waals surface area (Å²) in [6.07, 6.45) is 2.10. The summed E-state index contributed by atoms with van der Waals surface area (Å²) >= 11 is 0. The van der Waals surface area contributed by atoms with E-state index in [2.05, 4.69) is 4.98 Å². The number of hydrogen-bond donors (Lipinski definition) is 0. The molecule has 0 saturated heterocycles. The van der Waals surface area contributed by atoms with Crippen LogP contribution in [-0.2, 0) is 17.6 Å². The van der Waals surface area contributed by atoms with Crippen LogP contribution in [0, 0.1) is 5.82 Å². The number of rotatable bonds is 5. The highest BCUT2D eigenvalue weighted by atomic mass is 19.1. The first-order chi connectivity index (χ1) is 9.19. The smallest absolute Gasteiger partial charge is 0.165 e. The second kappa shape index (κ2) is 6.09. The molecule has 1 aromatic carbocycles. The third-order valence-corrected chi connectivity index (χ3v) is 2.72. The van der Waals surface area contributed by atoms with Crippen LogP contribution in [0.1, 0.15) is 11.3 Å². The van der Waals surface area contributed by atoms with E-state index in [1.54, 1.807) is 24.4 Å². The quantitative estimate of drug-likeness (QED) is 0.828. The number of halogens is 1. The molecular weight excluding hydrogens is 245 g/mol. The Hall–Kier alpha value is -2.23. The minimum absolute atomic E-state index is 0.00302. The van der Waals surface area contributed by atoms with Crippen LogP contribution in [0.5, 0.6) is 5.75 Å². The van der Waals surface area contributed by atoms with Crippen molar-refractivity contribution in [3.8, 4) is 5.75 Å². The topological polar surface area (TPSA) is 39.2 Å². The first kappa shape index (κ1) is 13.2. The molecule has 0 fully saturated rings. The van der Waals surface area contributed by atoms with Crippen molar-refractivity contribution in [3.05, 3.63) is 59.7 Å². The van der Waals surface area contributed by atoms with Gasteiger partial charge >= 0.3 is 0 Å². The Bertz CT molecular complexity index is 570. The molecule has 4 heteroatoms. The van der Waals surface area contributed by atoms with E-state index in [-0.39, 0.29) is 24.4 Å². The zero-order valence-corrected chi connectivity index (χ0v) is 10.6. The van der Waals surface area contributed by atoms with E-state index in [0.29, 0.717) is 5.56 Å². The molecule has 2 rings (SSSR count). The molecule has 0 radical (unpaired) electrons. The monoisotopic (exact) mass is 259 g/mol. The van der Waals surface area contributed by atoms with Crippen molar-refractivity contribution in [1.82, 2.24) is 4.98 Å². The molecule has 0 bridgehead atoms. The Morgan fingerprint density at radius 1 is 1.26 bits per heavy atom. The van der Waals surface area contributed by atoms with Crippen molar-refractivity contribution in [2.45, 2.75) is 12.8 Å². The highest BCUT2D eigenvalue weighted by Crippen LogP contribution is 2.18. The molecule has 3 nitrogen and oxygen atoms in total. The van der Waals surface area contributed by atoms with E-state index < -0.39 is 5.82 Å². The number of carbonyl (C=O) groups excluding carboxylic acids is 1. The van der Waals surface area contributed by atoms with Crippen molar-refractivity contribution >= 4 is 5.78 Å². The molecule has 1 heterocycles. The van der Waals surface area contributed by atoms with Crippen molar-refractivity contribution in [1.29, 1.82) is 0 Å². The highest BCUT2D eigenvalue weighted by Gasteiger charge is 2.09. The van der Waals surface area contributed by atoms with E-state index in [0.717, 1.165) is 5.69 Å². The van der Waals surface area contributed by atoms with Gasteiger partial charge in [0.25, 0.3) is 0 Å². The maximum atomic E-state index is 13.5. The van der Waals surface area contributed by atoms with Crippen LogP contribution in [0.15, 0.2) is 42.6 Å². The number of ether oxygens (including phenoxy) is 1. The van der Waals surface area contributed by atoms with Gasteiger partial charge in [0.2, 0.25) is 0 Å². The lowest BCUT2D eigenvalue weighted by Gasteiger charge is -2.05. The molecule has 0 spiro atoms. The van der Waals surface area contributed by atoms with Gasteiger partial charge in [-0.1, -0.05) is 12.1 Å². The zero-order chi connectivity index (χ0) is 13.7. The molecule has 0 aliphatic carbocycles. The predicted octanol–water partition coefficient (Wildman–Crippen LogP) is 2.58. The van der Waals surface area contributed by atoms with Crippen molar-refractivity contribution < 1.29 is 13.9 Å². The molecule has 1 aromatic heterocycles. The SMILES string of the molecule is COc1ccc(CC(=O)Cc2ccccn2)cc1F. The number of methoxy groups -OCH3 is 1.